The summed E-state index contributed by atoms with van der Waals surface area (Å²) in [5.74, 6) is 0.867. The van der Waals surface area contributed by atoms with Crippen LogP contribution in [0, 0.1) is 0 Å². The van der Waals surface area contributed by atoms with E-state index in [0.717, 1.165) is 39.4 Å². The smallest absolute Gasteiger partial charge is 0.135 e. The lowest BCUT2D eigenvalue weighted by molar-refractivity contribution is 0.631. The van der Waals surface area contributed by atoms with Crippen LogP contribution < -0.4 is 4.90 Å². The molecule has 0 saturated carbocycles. The standard InChI is InChI=1S/C36H25NO/c1-2-9-26(10-3-1)28-17-20-32(21-18-28)37(34-22-19-27-11-4-5-12-29(27)23-34)33-15-8-14-30(24-33)36-25-31-13-6-7-16-35(31)38-36/h1-25H. The highest BCUT2D eigenvalue weighted by Gasteiger charge is 2.15. The molecular formula is C36H25NO. The van der Waals surface area contributed by atoms with E-state index in [1.165, 1.54) is 21.9 Å². The number of hydrogen-bond donors (Lipinski definition) is 0. The summed E-state index contributed by atoms with van der Waals surface area (Å²) in [7, 11) is 0. The predicted molar refractivity (Wildman–Crippen MR) is 159 cm³/mol. The topological polar surface area (TPSA) is 16.4 Å². The van der Waals surface area contributed by atoms with Crippen LogP contribution >= 0.6 is 0 Å². The van der Waals surface area contributed by atoms with Crippen LogP contribution in [0.5, 0.6) is 0 Å². The van der Waals surface area contributed by atoms with E-state index in [-0.39, 0.29) is 0 Å². The summed E-state index contributed by atoms with van der Waals surface area (Å²) < 4.78 is 6.20. The average molecular weight is 488 g/mol. The van der Waals surface area contributed by atoms with Crippen molar-refractivity contribution in [2.24, 2.45) is 0 Å². The van der Waals surface area contributed by atoms with Crippen LogP contribution in [0.25, 0.3) is 44.2 Å². The fourth-order valence-corrected chi connectivity index (χ4v) is 5.12. The van der Waals surface area contributed by atoms with E-state index >= 15 is 0 Å². The molecule has 0 bridgehead atoms. The molecule has 1 heterocycles. The Morgan fingerprint density at radius 3 is 1.82 bits per heavy atom. The molecule has 1 aromatic heterocycles. The minimum atomic E-state index is 0.867. The van der Waals surface area contributed by atoms with Gasteiger partial charge in [0.15, 0.2) is 0 Å². The van der Waals surface area contributed by atoms with Crippen molar-refractivity contribution in [1.82, 2.24) is 0 Å². The second-order valence-corrected chi connectivity index (χ2v) is 9.48. The van der Waals surface area contributed by atoms with E-state index in [0.29, 0.717) is 0 Å². The molecule has 0 amide bonds. The maximum Gasteiger partial charge on any atom is 0.135 e. The van der Waals surface area contributed by atoms with Gasteiger partial charge in [0.2, 0.25) is 0 Å². The Kier molecular flexibility index (Phi) is 5.49. The maximum absolute atomic E-state index is 6.20. The first kappa shape index (κ1) is 22.1. The lowest BCUT2D eigenvalue weighted by Crippen LogP contribution is -2.10. The summed E-state index contributed by atoms with van der Waals surface area (Å²) in [5.41, 5.74) is 7.64. The summed E-state index contributed by atoms with van der Waals surface area (Å²) in [5, 5.41) is 3.55. The number of hydrogen-bond acceptors (Lipinski definition) is 2. The predicted octanol–water partition coefficient (Wildman–Crippen LogP) is 10.4. The minimum Gasteiger partial charge on any atom is -0.456 e. The van der Waals surface area contributed by atoms with Crippen molar-refractivity contribution in [3.05, 3.63) is 152 Å². The number of anilines is 3. The van der Waals surface area contributed by atoms with Gasteiger partial charge in [0.25, 0.3) is 0 Å². The van der Waals surface area contributed by atoms with Gasteiger partial charge in [0, 0.05) is 28.0 Å². The van der Waals surface area contributed by atoms with Crippen LogP contribution in [-0.4, -0.2) is 0 Å². The summed E-state index contributed by atoms with van der Waals surface area (Å²) in [6.07, 6.45) is 0. The Labute approximate surface area is 222 Å². The molecule has 6 aromatic carbocycles. The molecule has 0 N–H and O–H groups in total. The fourth-order valence-electron chi connectivity index (χ4n) is 5.12. The SMILES string of the molecule is c1ccc(-c2ccc(N(c3cccc(-c4cc5ccccc5o4)c3)c3ccc4ccccc4c3)cc2)cc1. The van der Waals surface area contributed by atoms with Crippen LogP contribution in [0.3, 0.4) is 0 Å². The lowest BCUT2D eigenvalue weighted by atomic mass is 10.0. The number of furan rings is 1. The highest BCUT2D eigenvalue weighted by Crippen LogP contribution is 2.39. The number of nitrogens with zero attached hydrogens (tertiary/aromatic N) is 1. The molecule has 2 nitrogen and oxygen atoms in total. The van der Waals surface area contributed by atoms with Crippen molar-refractivity contribution in [3.8, 4) is 22.5 Å². The van der Waals surface area contributed by atoms with Gasteiger partial charge in [-0.3, -0.25) is 0 Å². The number of rotatable bonds is 5. The fraction of sp³-hybridized carbons (Fsp3) is 0. The second kappa shape index (κ2) is 9.42. The van der Waals surface area contributed by atoms with Crippen molar-refractivity contribution in [2.75, 3.05) is 4.90 Å². The van der Waals surface area contributed by atoms with Gasteiger partial charge in [-0.2, -0.15) is 0 Å². The molecule has 38 heavy (non-hydrogen) atoms. The molecule has 0 spiro atoms. The van der Waals surface area contributed by atoms with Crippen molar-refractivity contribution >= 4 is 38.8 Å². The Morgan fingerprint density at radius 2 is 1.00 bits per heavy atom. The molecule has 7 aromatic rings. The van der Waals surface area contributed by atoms with E-state index in [9.17, 15) is 0 Å². The van der Waals surface area contributed by atoms with E-state index in [1.807, 2.05) is 24.3 Å². The monoisotopic (exact) mass is 487 g/mol. The molecule has 0 unspecified atom stereocenters. The van der Waals surface area contributed by atoms with Gasteiger partial charge in [0.1, 0.15) is 11.3 Å². The number of benzene rings is 6. The van der Waals surface area contributed by atoms with Crippen LogP contribution in [0.2, 0.25) is 0 Å². The number of fused-ring (bicyclic) bond motifs is 2. The molecule has 0 radical (unpaired) electrons. The van der Waals surface area contributed by atoms with Gasteiger partial charge >= 0.3 is 0 Å². The average Bonchev–Trinajstić information content (AvgIpc) is 3.43. The zero-order valence-electron chi connectivity index (χ0n) is 20.8. The van der Waals surface area contributed by atoms with Crippen LogP contribution in [0.1, 0.15) is 0 Å². The van der Waals surface area contributed by atoms with Crippen molar-refractivity contribution in [1.29, 1.82) is 0 Å². The highest BCUT2D eigenvalue weighted by molar-refractivity contribution is 5.90. The largest absolute Gasteiger partial charge is 0.456 e. The first-order chi connectivity index (χ1) is 18.8. The highest BCUT2D eigenvalue weighted by atomic mass is 16.3. The van der Waals surface area contributed by atoms with Gasteiger partial charge in [-0.25, -0.2) is 0 Å². The molecule has 2 heteroatoms. The van der Waals surface area contributed by atoms with Crippen molar-refractivity contribution in [2.45, 2.75) is 0 Å². The van der Waals surface area contributed by atoms with Crippen molar-refractivity contribution in [3.63, 3.8) is 0 Å². The molecule has 0 saturated heterocycles. The third-order valence-electron chi connectivity index (χ3n) is 7.04. The third kappa shape index (κ3) is 4.12. The van der Waals surface area contributed by atoms with Gasteiger partial charge < -0.3 is 9.32 Å². The molecule has 0 fully saturated rings. The summed E-state index contributed by atoms with van der Waals surface area (Å²) in [4.78, 5) is 2.31. The van der Waals surface area contributed by atoms with E-state index in [2.05, 4.69) is 132 Å². The maximum atomic E-state index is 6.20. The second-order valence-electron chi connectivity index (χ2n) is 9.48. The quantitative estimate of drug-likeness (QED) is 0.240. The van der Waals surface area contributed by atoms with Gasteiger partial charge in [-0.05, 0) is 70.4 Å². The molecule has 0 aliphatic carbocycles. The minimum absolute atomic E-state index is 0.867. The first-order valence-corrected chi connectivity index (χ1v) is 12.9. The van der Waals surface area contributed by atoms with E-state index < -0.39 is 0 Å². The van der Waals surface area contributed by atoms with Gasteiger partial charge in [-0.15, -0.1) is 0 Å². The van der Waals surface area contributed by atoms with E-state index in [4.69, 9.17) is 4.42 Å². The molecule has 7 rings (SSSR count). The summed E-state index contributed by atoms with van der Waals surface area (Å²) in [6.45, 7) is 0. The summed E-state index contributed by atoms with van der Waals surface area (Å²) >= 11 is 0. The molecule has 0 aliphatic heterocycles. The van der Waals surface area contributed by atoms with E-state index in [1.54, 1.807) is 0 Å². The van der Waals surface area contributed by atoms with Crippen molar-refractivity contribution < 1.29 is 4.42 Å². The number of para-hydroxylation sites is 1. The molecule has 0 aliphatic rings. The van der Waals surface area contributed by atoms with Crippen LogP contribution in [-0.2, 0) is 0 Å². The zero-order chi connectivity index (χ0) is 25.3. The van der Waals surface area contributed by atoms with Crippen LogP contribution in [0.4, 0.5) is 17.1 Å². The molecular weight excluding hydrogens is 462 g/mol. The molecule has 0 atom stereocenters. The Morgan fingerprint density at radius 1 is 0.368 bits per heavy atom. The van der Waals surface area contributed by atoms with Gasteiger partial charge in [0.05, 0.1) is 0 Å². The summed E-state index contributed by atoms with van der Waals surface area (Å²) in [6, 6.07) is 53.3. The molecule has 180 valence electrons. The zero-order valence-corrected chi connectivity index (χ0v) is 20.8. The Bertz CT molecular complexity index is 1830. The lowest BCUT2D eigenvalue weighted by Gasteiger charge is -2.26. The third-order valence-corrected chi connectivity index (χ3v) is 7.04. The van der Waals surface area contributed by atoms with Crippen LogP contribution in [0.15, 0.2) is 156 Å². The van der Waals surface area contributed by atoms with Gasteiger partial charge in [-0.1, -0.05) is 103 Å². The normalized spacial score (nSPS) is 11.2. The Hall–Kier alpha value is -5.08. The first-order valence-electron chi connectivity index (χ1n) is 12.9. The Balaban J connectivity index is 1.35.